The number of nitrogens with zero attached hydrogens (tertiary/aromatic N) is 1. The van der Waals surface area contributed by atoms with Gasteiger partial charge in [-0.25, -0.2) is 18.7 Å². The number of esters is 1. The van der Waals surface area contributed by atoms with Crippen LogP contribution in [-0.4, -0.2) is 73.4 Å². The highest BCUT2D eigenvalue weighted by molar-refractivity contribution is 7.48. The highest BCUT2D eigenvalue weighted by atomic mass is 31.2. The average Bonchev–Trinajstić information content (AvgIpc) is 3.35. The Morgan fingerprint density at radius 1 is 1.21 bits per heavy atom. The molecule has 4 unspecified atom stereocenters. The lowest BCUT2D eigenvalue weighted by atomic mass is 10.2. The quantitative estimate of drug-likeness (QED) is 0.189. The van der Waals surface area contributed by atoms with Crippen molar-refractivity contribution in [2.75, 3.05) is 27.2 Å². The zero-order valence-electron chi connectivity index (χ0n) is 24.1. The molecule has 1 saturated heterocycles. The van der Waals surface area contributed by atoms with Crippen LogP contribution in [0.15, 0.2) is 21.9 Å². The number of halogens is 2. The smallest absolute Gasteiger partial charge is 0.330 e. The summed E-state index contributed by atoms with van der Waals surface area (Å²) in [5.41, 5.74) is -0.995. The molecule has 1 aromatic rings. The number of aromatic amines is 1. The summed E-state index contributed by atoms with van der Waals surface area (Å²) in [5, 5.41) is 5.88. The second-order valence-electron chi connectivity index (χ2n) is 8.15. The molecular formula is C24H45F2N4O8P. The summed E-state index contributed by atoms with van der Waals surface area (Å²) >= 11 is 0. The van der Waals surface area contributed by atoms with Gasteiger partial charge >= 0.3 is 11.7 Å². The molecule has 4 atom stereocenters. The predicted octanol–water partition coefficient (Wildman–Crippen LogP) is 3.13. The number of ether oxygens (including phenoxy) is 3. The predicted molar refractivity (Wildman–Crippen MR) is 146 cm³/mol. The SMILES string of the molecule is CC.CC(C)OC(=O)C(C)NP(NCC=O)OCC1CCC(n2ccc(=O)[nH]c2=O)O1.COC(C)C.FCF. The van der Waals surface area contributed by atoms with E-state index in [0.717, 1.165) is 0 Å². The molecule has 0 saturated carbocycles. The number of rotatable bonds is 12. The maximum Gasteiger partial charge on any atom is 0.330 e. The van der Waals surface area contributed by atoms with Gasteiger partial charge in [0.25, 0.3) is 5.56 Å². The van der Waals surface area contributed by atoms with Gasteiger partial charge in [-0.3, -0.25) is 24.2 Å². The van der Waals surface area contributed by atoms with Gasteiger partial charge < -0.3 is 23.5 Å². The second kappa shape index (κ2) is 23.8. The van der Waals surface area contributed by atoms with Crippen LogP contribution in [0.5, 0.6) is 0 Å². The molecule has 0 aromatic carbocycles. The number of aromatic nitrogens is 2. The molecule has 3 N–H and O–H groups in total. The normalized spacial score (nSPS) is 17.5. The van der Waals surface area contributed by atoms with Gasteiger partial charge in [0.15, 0.2) is 8.45 Å². The largest absolute Gasteiger partial charge is 0.462 e. The monoisotopic (exact) mass is 586 g/mol. The molecule has 12 nitrogen and oxygen atoms in total. The minimum absolute atomic E-state index is 0.0611. The van der Waals surface area contributed by atoms with E-state index in [1.807, 2.05) is 27.7 Å². The first-order chi connectivity index (χ1) is 18.5. The summed E-state index contributed by atoms with van der Waals surface area (Å²) in [6.45, 7) is 11.7. The Morgan fingerprint density at radius 2 is 1.79 bits per heavy atom. The number of hydrogen-bond acceptors (Lipinski definition) is 10. The summed E-state index contributed by atoms with van der Waals surface area (Å²) < 4.78 is 42.1. The fraction of sp³-hybridized carbons (Fsp3) is 0.750. The van der Waals surface area contributed by atoms with Crippen molar-refractivity contribution in [3.63, 3.8) is 0 Å². The lowest BCUT2D eigenvalue weighted by molar-refractivity contribution is -0.149. The van der Waals surface area contributed by atoms with E-state index in [0.29, 0.717) is 25.2 Å². The zero-order valence-corrected chi connectivity index (χ0v) is 25.0. The number of hydrogen-bond donors (Lipinski definition) is 3. The molecular weight excluding hydrogens is 541 g/mol. The Hall–Kier alpha value is -2.09. The maximum atomic E-state index is 12.0. The van der Waals surface area contributed by atoms with Crippen molar-refractivity contribution in [2.24, 2.45) is 0 Å². The van der Waals surface area contributed by atoms with E-state index in [2.05, 4.69) is 15.2 Å². The van der Waals surface area contributed by atoms with Crippen LogP contribution in [-0.2, 0) is 28.3 Å². The molecule has 0 bridgehead atoms. The fourth-order valence-electron chi connectivity index (χ4n) is 2.64. The van der Waals surface area contributed by atoms with Gasteiger partial charge in [0.1, 0.15) is 18.6 Å². The van der Waals surface area contributed by atoms with Crippen LogP contribution >= 0.6 is 8.45 Å². The Labute approximate surface area is 230 Å². The number of alkyl halides is 2. The number of aldehydes is 1. The number of carbonyl (C=O) groups excluding carboxylic acids is 2. The minimum atomic E-state index is -1.75. The molecule has 1 aliphatic heterocycles. The van der Waals surface area contributed by atoms with Crippen LogP contribution in [0.3, 0.4) is 0 Å². The van der Waals surface area contributed by atoms with E-state index < -0.39 is 44.9 Å². The van der Waals surface area contributed by atoms with Crippen LogP contribution in [0.1, 0.15) is 67.5 Å². The number of nitrogens with one attached hydrogen (secondary N) is 3. The van der Waals surface area contributed by atoms with E-state index in [1.165, 1.54) is 16.8 Å². The molecule has 228 valence electrons. The second-order valence-corrected chi connectivity index (χ2v) is 9.57. The standard InChI is InChI=1S/C17H27N4O7P.C4H10O.C2H6.CH2F2/c1-11(2)27-16(24)12(3)20-29(18-7-9-22)26-10-13-4-5-15(28-13)21-8-6-14(23)19-17(21)25;1-4(2)5-3;1-2;2-1-3/h6,8-9,11-13,15,18,20H,4-5,7,10H2,1-3H3,(H,19,23,25);4H,1-3H3;1-2H3;1H2. The molecule has 1 aromatic heterocycles. The van der Waals surface area contributed by atoms with Gasteiger partial charge in [0.2, 0.25) is 6.93 Å². The van der Waals surface area contributed by atoms with E-state index in [9.17, 15) is 28.0 Å². The van der Waals surface area contributed by atoms with Gasteiger partial charge in [0, 0.05) is 19.4 Å². The van der Waals surface area contributed by atoms with E-state index in [4.69, 9.17) is 18.7 Å². The highest BCUT2D eigenvalue weighted by Gasteiger charge is 2.29. The number of methoxy groups -OCH3 is 1. The molecule has 39 heavy (non-hydrogen) atoms. The molecule has 0 amide bonds. The molecule has 0 spiro atoms. The Kier molecular flexibility index (Phi) is 23.8. The Balaban J connectivity index is 0. The van der Waals surface area contributed by atoms with E-state index >= 15 is 0 Å². The van der Waals surface area contributed by atoms with Gasteiger partial charge in [0.05, 0.1) is 31.5 Å². The third-order valence-corrected chi connectivity index (χ3v) is 5.94. The number of H-pyrrole nitrogens is 1. The van der Waals surface area contributed by atoms with Gasteiger partial charge in [-0.05, 0) is 47.5 Å². The molecule has 1 fully saturated rings. The van der Waals surface area contributed by atoms with Crippen molar-refractivity contribution in [3.8, 4) is 0 Å². The third kappa shape index (κ3) is 18.8. The first kappa shape index (κ1) is 39.1. The van der Waals surface area contributed by atoms with E-state index in [1.54, 1.807) is 27.9 Å². The van der Waals surface area contributed by atoms with Gasteiger partial charge in [-0.15, -0.1) is 0 Å². The Bertz CT molecular complexity index is 888. The molecule has 15 heteroatoms. The third-order valence-electron chi connectivity index (χ3n) is 4.44. The Morgan fingerprint density at radius 3 is 2.28 bits per heavy atom. The lowest BCUT2D eigenvalue weighted by Gasteiger charge is -2.24. The lowest BCUT2D eigenvalue weighted by Crippen LogP contribution is -2.37. The highest BCUT2D eigenvalue weighted by Crippen LogP contribution is 2.32. The zero-order chi connectivity index (χ0) is 30.4. The van der Waals surface area contributed by atoms with Crippen molar-refractivity contribution < 1.29 is 37.1 Å². The molecule has 2 heterocycles. The van der Waals surface area contributed by atoms with Crippen LogP contribution in [0.2, 0.25) is 0 Å². The van der Waals surface area contributed by atoms with Gasteiger partial charge in [-0.2, -0.15) is 0 Å². The van der Waals surface area contributed by atoms with Crippen molar-refractivity contribution >= 4 is 20.7 Å². The summed E-state index contributed by atoms with van der Waals surface area (Å²) in [6.07, 6.45) is 2.72. The van der Waals surface area contributed by atoms with Crippen LogP contribution in [0, 0.1) is 0 Å². The first-order valence-electron chi connectivity index (χ1n) is 12.7. The van der Waals surface area contributed by atoms with Crippen molar-refractivity contribution in [2.45, 2.75) is 91.9 Å². The first-order valence-corrected chi connectivity index (χ1v) is 13.9. The van der Waals surface area contributed by atoms with Crippen LogP contribution < -0.4 is 21.4 Å². The summed E-state index contributed by atoms with van der Waals surface area (Å²) in [6, 6.07) is 0.637. The molecule has 1 aliphatic rings. The van der Waals surface area contributed by atoms with Gasteiger partial charge in [-0.1, -0.05) is 13.8 Å². The molecule has 0 radical (unpaired) electrons. The topological polar surface area (TPSA) is 150 Å². The fourth-order valence-corrected chi connectivity index (χ4v) is 3.91. The average molecular weight is 587 g/mol. The van der Waals surface area contributed by atoms with Crippen LogP contribution in [0.4, 0.5) is 8.78 Å². The minimum Gasteiger partial charge on any atom is -0.462 e. The van der Waals surface area contributed by atoms with Crippen molar-refractivity contribution in [3.05, 3.63) is 33.1 Å². The summed E-state index contributed by atoms with van der Waals surface area (Å²) in [4.78, 5) is 47.9. The number of carbonyl (C=O) groups is 2. The summed E-state index contributed by atoms with van der Waals surface area (Å²) in [7, 11) is 0.212. The maximum absolute atomic E-state index is 12.0. The van der Waals surface area contributed by atoms with Crippen molar-refractivity contribution in [1.29, 1.82) is 0 Å². The molecule has 2 rings (SSSR count). The van der Waals surface area contributed by atoms with Crippen molar-refractivity contribution in [1.82, 2.24) is 19.7 Å². The summed E-state index contributed by atoms with van der Waals surface area (Å²) in [5.74, 6) is -0.418. The molecule has 0 aliphatic carbocycles. The van der Waals surface area contributed by atoms with E-state index in [-0.39, 0.29) is 25.4 Å². The van der Waals surface area contributed by atoms with Crippen LogP contribution in [0.25, 0.3) is 0 Å².